The fourth-order valence-electron chi connectivity index (χ4n) is 4.24. The van der Waals surface area contributed by atoms with Crippen molar-refractivity contribution in [3.05, 3.63) is 53.2 Å². The molecule has 3 heterocycles. The number of hydrogen-bond acceptors (Lipinski definition) is 5. The van der Waals surface area contributed by atoms with Crippen LogP contribution in [0.2, 0.25) is 5.02 Å². The minimum Gasteiger partial charge on any atom is -0.497 e. The SMILES string of the molecule is COc1ccc2nccc(-c3cc(Cl)cc4c3O[C@@H](C(=O)N3CCNCC3)C4)c2c1. The van der Waals surface area contributed by atoms with E-state index in [0.29, 0.717) is 24.5 Å². The van der Waals surface area contributed by atoms with Gasteiger partial charge in [-0.1, -0.05) is 11.6 Å². The minimum atomic E-state index is -0.516. The number of piperazine rings is 1. The van der Waals surface area contributed by atoms with Crippen molar-refractivity contribution in [2.24, 2.45) is 0 Å². The third kappa shape index (κ3) is 3.36. The van der Waals surface area contributed by atoms with Crippen LogP contribution in [0.25, 0.3) is 22.0 Å². The summed E-state index contributed by atoms with van der Waals surface area (Å²) >= 11 is 6.46. The monoisotopic (exact) mass is 423 g/mol. The van der Waals surface area contributed by atoms with Gasteiger partial charge >= 0.3 is 0 Å². The molecule has 2 aliphatic rings. The van der Waals surface area contributed by atoms with Crippen LogP contribution in [-0.2, 0) is 11.2 Å². The van der Waals surface area contributed by atoms with Gasteiger partial charge in [-0.2, -0.15) is 0 Å². The fraction of sp³-hybridized carbons (Fsp3) is 0.304. The summed E-state index contributed by atoms with van der Waals surface area (Å²) in [6.45, 7) is 3.04. The predicted octanol–water partition coefficient (Wildman–Crippen LogP) is 3.30. The highest BCUT2D eigenvalue weighted by Gasteiger charge is 2.35. The summed E-state index contributed by atoms with van der Waals surface area (Å²) < 4.78 is 11.7. The highest BCUT2D eigenvalue weighted by molar-refractivity contribution is 6.31. The summed E-state index contributed by atoms with van der Waals surface area (Å²) in [5, 5.41) is 4.84. The zero-order valence-corrected chi connectivity index (χ0v) is 17.4. The molecule has 1 fully saturated rings. The lowest BCUT2D eigenvalue weighted by atomic mass is 9.97. The molecule has 1 amide bonds. The maximum Gasteiger partial charge on any atom is 0.264 e. The molecule has 0 saturated carbocycles. The molecule has 2 aliphatic heterocycles. The van der Waals surface area contributed by atoms with Gasteiger partial charge in [0.1, 0.15) is 11.5 Å². The third-order valence-corrected chi connectivity index (χ3v) is 5.96. The van der Waals surface area contributed by atoms with Crippen LogP contribution < -0.4 is 14.8 Å². The van der Waals surface area contributed by atoms with Crippen molar-refractivity contribution in [2.45, 2.75) is 12.5 Å². The van der Waals surface area contributed by atoms with Gasteiger partial charge in [0.05, 0.1) is 12.6 Å². The number of carbonyl (C=O) groups excluding carboxylic acids is 1. The van der Waals surface area contributed by atoms with Gasteiger partial charge in [-0.3, -0.25) is 9.78 Å². The van der Waals surface area contributed by atoms with Crippen LogP contribution in [0.5, 0.6) is 11.5 Å². The molecule has 1 atom stereocenters. The van der Waals surface area contributed by atoms with Crippen molar-refractivity contribution in [2.75, 3.05) is 33.3 Å². The van der Waals surface area contributed by atoms with E-state index < -0.39 is 6.10 Å². The van der Waals surface area contributed by atoms with Gasteiger partial charge in [0.2, 0.25) is 0 Å². The number of aromatic nitrogens is 1. The summed E-state index contributed by atoms with van der Waals surface area (Å²) in [7, 11) is 1.64. The van der Waals surface area contributed by atoms with E-state index in [1.54, 1.807) is 13.3 Å². The molecule has 0 radical (unpaired) electrons. The Morgan fingerprint density at radius 3 is 2.83 bits per heavy atom. The van der Waals surface area contributed by atoms with Crippen LogP contribution in [0.4, 0.5) is 0 Å². The number of halogens is 1. The molecule has 5 rings (SSSR count). The average molecular weight is 424 g/mol. The maximum atomic E-state index is 13.0. The summed E-state index contributed by atoms with van der Waals surface area (Å²) in [4.78, 5) is 19.4. The van der Waals surface area contributed by atoms with Gasteiger partial charge < -0.3 is 19.7 Å². The number of amides is 1. The Kier molecular flexibility index (Phi) is 4.97. The van der Waals surface area contributed by atoms with Crippen LogP contribution in [0.15, 0.2) is 42.6 Å². The van der Waals surface area contributed by atoms with E-state index in [1.807, 2.05) is 41.3 Å². The zero-order chi connectivity index (χ0) is 20.7. The van der Waals surface area contributed by atoms with E-state index >= 15 is 0 Å². The molecular formula is C23H22ClN3O3. The lowest BCUT2D eigenvalue weighted by Gasteiger charge is -2.29. The fourth-order valence-corrected chi connectivity index (χ4v) is 4.48. The number of nitrogens with one attached hydrogen (secondary N) is 1. The zero-order valence-electron chi connectivity index (χ0n) is 16.7. The lowest BCUT2D eigenvalue weighted by molar-refractivity contribution is -0.138. The Hall–Kier alpha value is -2.83. The van der Waals surface area contributed by atoms with Gasteiger partial charge in [0, 0.05) is 60.3 Å². The second kappa shape index (κ2) is 7.78. The molecule has 154 valence electrons. The van der Waals surface area contributed by atoms with E-state index in [1.165, 1.54) is 0 Å². The Balaban J connectivity index is 1.56. The van der Waals surface area contributed by atoms with Crippen molar-refractivity contribution >= 4 is 28.4 Å². The third-order valence-electron chi connectivity index (χ3n) is 5.74. The standard InChI is InChI=1S/C23H22ClN3O3/c1-29-16-2-3-20-18(13-16)17(4-5-26-20)19-12-15(24)10-14-11-21(30-22(14)19)23(28)27-8-6-25-7-9-27/h2-5,10,12-13,21,25H,6-9,11H2,1H3/t21-/m1/s1. The summed E-state index contributed by atoms with van der Waals surface area (Å²) in [6, 6.07) is 11.5. The normalized spacial score (nSPS) is 18.2. The number of carbonyl (C=O) groups is 1. The molecule has 6 nitrogen and oxygen atoms in total. The number of fused-ring (bicyclic) bond motifs is 2. The quantitative estimate of drug-likeness (QED) is 0.700. The smallest absolute Gasteiger partial charge is 0.264 e. The highest BCUT2D eigenvalue weighted by Crippen LogP contribution is 2.43. The molecular weight excluding hydrogens is 402 g/mol. The number of rotatable bonds is 3. The van der Waals surface area contributed by atoms with Crippen LogP contribution in [0.1, 0.15) is 5.56 Å². The molecule has 0 unspecified atom stereocenters. The van der Waals surface area contributed by atoms with E-state index in [0.717, 1.165) is 52.2 Å². The molecule has 0 spiro atoms. The summed E-state index contributed by atoms with van der Waals surface area (Å²) in [5.74, 6) is 1.52. The first-order valence-electron chi connectivity index (χ1n) is 10.1. The molecule has 0 aliphatic carbocycles. The maximum absolute atomic E-state index is 13.0. The molecule has 1 N–H and O–H groups in total. The van der Waals surface area contributed by atoms with Crippen molar-refractivity contribution in [1.29, 1.82) is 0 Å². The Morgan fingerprint density at radius 1 is 1.20 bits per heavy atom. The van der Waals surface area contributed by atoms with Gasteiger partial charge in [-0.15, -0.1) is 0 Å². The summed E-state index contributed by atoms with van der Waals surface area (Å²) in [6.07, 6.45) is 1.78. The Bertz CT molecular complexity index is 1130. The molecule has 30 heavy (non-hydrogen) atoms. The van der Waals surface area contributed by atoms with E-state index in [9.17, 15) is 4.79 Å². The largest absolute Gasteiger partial charge is 0.497 e. The number of benzene rings is 2. The number of pyridine rings is 1. The first kappa shape index (κ1) is 19.2. The molecule has 7 heteroatoms. The van der Waals surface area contributed by atoms with Crippen molar-refractivity contribution in [1.82, 2.24) is 15.2 Å². The average Bonchev–Trinajstić information content (AvgIpc) is 3.21. The minimum absolute atomic E-state index is 0.0380. The number of hydrogen-bond donors (Lipinski definition) is 1. The molecule has 3 aromatic rings. The van der Waals surface area contributed by atoms with Crippen LogP contribution in [0, 0.1) is 0 Å². The molecule has 1 aromatic heterocycles. The van der Waals surface area contributed by atoms with Crippen molar-refractivity contribution in [3.63, 3.8) is 0 Å². The van der Waals surface area contributed by atoms with Crippen LogP contribution in [0.3, 0.4) is 0 Å². The van der Waals surface area contributed by atoms with E-state index in [-0.39, 0.29) is 5.91 Å². The Morgan fingerprint density at radius 2 is 2.03 bits per heavy atom. The molecule has 1 saturated heterocycles. The number of methoxy groups -OCH3 is 1. The van der Waals surface area contributed by atoms with E-state index in [4.69, 9.17) is 21.1 Å². The van der Waals surface area contributed by atoms with Gasteiger partial charge in [0.25, 0.3) is 5.91 Å². The van der Waals surface area contributed by atoms with Gasteiger partial charge in [0.15, 0.2) is 6.10 Å². The molecule has 0 bridgehead atoms. The summed E-state index contributed by atoms with van der Waals surface area (Å²) in [5.41, 5.74) is 3.63. The first-order chi connectivity index (χ1) is 14.6. The van der Waals surface area contributed by atoms with Crippen LogP contribution in [-0.4, -0.2) is 55.2 Å². The predicted molar refractivity (Wildman–Crippen MR) is 116 cm³/mol. The van der Waals surface area contributed by atoms with Crippen LogP contribution >= 0.6 is 11.6 Å². The van der Waals surface area contributed by atoms with Crippen molar-refractivity contribution < 1.29 is 14.3 Å². The second-order valence-electron chi connectivity index (χ2n) is 7.57. The topological polar surface area (TPSA) is 63.7 Å². The first-order valence-corrected chi connectivity index (χ1v) is 10.4. The Labute approximate surface area is 179 Å². The van der Waals surface area contributed by atoms with Gasteiger partial charge in [-0.05, 0) is 42.0 Å². The highest BCUT2D eigenvalue weighted by atomic mass is 35.5. The number of ether oxygens (including phenoxy) is 2. The number of nitrogens with zero attached hydrogens (tertiary/aromatic N) is 2. The van der Waals surface area contributed by atoms with Gasteiger partial charge in [-0.25, -0.2) is 0 Å². The van der Waals surface area contributed by atoms with Crippen molar-refractivity contribution in [3.8, 4) is 22.6 Å². The molecule has 2 aromatic carbocycles. The van der Waals surface area contributed by atoms with E-state index in [2.05, 4.69) is 10.3 Å². The second-order valence-corrected chi connectivity index (χ2v) is 8.01. The lowest BCUT2D eigenvalue weighted by Crippen LogP contribution is -2.50.